The fraction of sp³-hybridized carbons (Fsp3) is 0.667. The maximum atomic E-state index is 13.2. The van der Waals surface area contributed by atoms with Crippen LogP contribution in [-0.4, -0.2) is 116 Å². The topological polar surface area (TPSA) is 287 Å². The first-order valence-corrected chi connectivity index (χ1v) is 16.5. The zero-order valence-corrected chi connectivity index (χ0v) is 29.7. The van der Waals surface area contributed by atoms with Crippen molar-refractivity contribution in [2.75, 3.05) is 5.75 Å². The summed E-state index contributed by atoms with van der Waals surface area (Å²) in [5.41, 5.74) is 6.38. The second kappa shape index (κ2) is 20.3. The van der Waals surface area contributed by atoms with Crippen molar-refractivity contribution < 1.29 is 43.8 Å². The number of aliphatic carboxylic acids is 1. The van der Waals surface area contributed by atoms with Crippen LogP contribution in [0.25, 0.3) is 0 Å². The number of carboxylic acid groups (broad SMARTS) is 1. The first-order valence-electron chi connectivity index (χ1n) is 15.9. The average Bonchev–Trinajstić information content (AvgIpc) is 3.53. The van der Waals surface area contributed by atoms with Crippen LogP contribution in [0.1, 0.15) is 60.6 Å². The molecular formula is C30H51N9O9S. The Balaban J connectivity index is 2.93. The predicted molar refractivity (Wildman–Crippen MR) is 181 cm³/mol. The van der Waals surface area contributed by atoms with E-state index in [9.17, 15) is 43.8 Å². The van der Waals surface area contributed by atoms with Gasteiger partial charge in [0.1, 0.15) is 36.3 Å². The first kappa shape index (κ1) is 42.8. The number of nitrogens with one attached hydrogen (secondary N) is 7. The number of hydrogen-bond donors (Lipinski definition) is 11. The molecule has 0 aliphatic carbocycles. The van der Waals surface area contributed by atoms with Crippen LogP contribution in [0.3, 0.4) is 0 Å². The van der Waals surface area contributed by atoms with Gasteiger partial charge in [0.15, 0.2) is 0 Å². The second-order valence-electron chi connectivity index (χ2n) is 12.6. The Morgan fingerprint density at radius 2 is 1.27 bits per heavy atom. The van der Waals surface area contributed by atoms with E-state index in [0.717, 1.165) is 0 Å². The summed E-state index contributed by atoms with van der Waals surface area (Å²) < 4.78 is 0. The minimum Gasteiger partial charge on any atom is -0.480 e. The molecule has 0 radical (unpaired) electrons. The number of amides is 6. The molecule has 11 N–H and O–H groups in total. The number of carboxylic acids is 1. The van der Waals surface area contributed by atoms with Gasteiger partial charge in [0.25, 0.3) is 0 Å². The molecule has 18 nitrogen and oxygen atoms in total. The van der Waals surface area contributed by atoms with E-state index in [1.54, 1.807) is 13.8 Å². The molecule has 0 aliphatic rings. The number of carbonyl (C=O) groups excluding carboxylic acids is 6. The van der Waals surface area contributed by atoms with Crippen LogP contribution in [0.5, 0.6) is 0 Å². The molecule has 0 bridgehead atoms. The molecule has 0 fully saturated rings. The van der Waals surface area contributed by atoms with Crippen molar-refractivity contribution in [3.05, 3.63) is 18.2 Å². The van der Waals surface area contributed by atoms with Crippen LogP contribution in [-0.2, 0) is 40.0 Å². The molecule has 49 heavy (non-hydrogen) atoms. The van der Waals surface area contributed by atoms with Crippen molar-refractivity contribution in [2.24, 2.45) is 17.6 Å². The molecule has 6 amide bonds. The number of aliphatic hydroxyl groups excluding tert-OH is 1. The number of rotatable bonds is 20. The summed E-state index contributed by atoms with van der Waals surface area (Å²) in [6, 6.07) is -8.51. The van der Waals surface area contributed by atoms with Gasteiger partial charge in [-0.1, -0.05) is 27.7 Å². The summed E-state index contributed by atoms with van der Waals surface area (Å²) in [6.45, 7) is 11.1. The fourth-order valence-corrected chi connectivity index (χ4v) is 4.53. The van der Waals surface area contributed by atoms with Crippen LogP contribution < -0.4 is 37.6 Å². The van der Waals surface area contributed by atoms with Gasteiger partial charge in [-0.15, -0.1) is 0 Å². The lowest BCUT2D eigenvalue weighted by molar-refractivity contribution is -0.141. The maximum absolute atomic E-state index is 13.2. The van der Waals surface area contributed by atoms with Crippen LogP contribution in [0.4, 0.5) is 0 Å². The van der Waals surface area contributed by atoms with Crippen LogP contribution in [0.2, 0.25) is 0 Å². The minimum absolute atomic E-state index is 0.0297. The highest BCUT2D eigenvalue weighted by Crippen LogP contribution is 2.08. The molecule has 276 valence electrons. The molecule has 0 aliphatic heterocycles. The number of aromatic nitrogens is 2. The Labute approximate surface area is 290 Å². The highest BCUT2D eigenvalue weighted by atomic mass is 32.1. The lowest BCUT2D eigenvalue weighted by Crippen LogP contribution is -2.61. The molecule has 19 heteroatoms. The Morgan fingerprint density at radius 1 is 0.755 bits per heavy atom. The summed E-state index contributed by atoms with van der Waals surface area (Å²) in [6.07, 6.45) is 1.51. The van der Waals surface area contributed by atoms with Gasteiger partial charge in [-0.25, -0.2) is 9.78 Å². The summed E-state index contributed by atoms with van der Waals surface area (Å²) in [5.74, 6) is -6.37. The molecule has 8 unspecified atom stereocenters. The molecule has 0 saturated carbocycles. The van der Waals surface area contributed by atoms with Gasteiger partial charge in [-0.05, 0) is 39.0 Å². The van der Waals surface area contributed by atoms with Gasteiger partial charge in [0, 0.05) is 24.1 Å². The minimum atomic E-state index is -1.51. The zero-order valence-electron chi connectivity index (χ0n) is 28.8. The summed E-state index contributed by atoms with van der Waals surface area (Å²) in [5, 5.41) is 34.2. The third kappa shape index (κ3) is 14.4. The van der Waals surface area contributed by atoms with Crippen molar-refractivity contribution in [1.82, 2.24) is 41.9 Å². The maximum Gasteiger partial charge on any atom is 0.327 e. The zero-order chi connectivity index (χ0) is 37.6. The first-order chi connectivity index (χ1) is 22.8. The third-order valence-corrected chi connectivity index (χ3v) is 7.70. The van der Waals surface area contributed by atoms with Gasteiger partial charge in [0.2, 0.25) is 35.4 Å². The number of imidazole rings is 1. The quantitative estimate of drug-likeness (QED) is 0.0620. The molecule has 1 rings (SSSR count). The molecular weight excluding hydrogens is 662 g/mol. The highest BCUT2D eigenvalue weighted by Gasteiger charge is 2.33. The van der Waals surface area contributed by atoms with Crippen LogP contribution in [0.15, 0.2) is 12.5 Å². The van der Waals surface area contributed by atoms with E-state index in [1.807, 2.05) is 13.8 Å². The van der Waals surface area contributed by atoms with E-state index in [0.29, 0.717) is 5.69 Å². The van der Waals surface area contributed by atoms with E-state index in [1.165, 1.54) is 33.3 Å². The number of aromatic amines is 1. The van der Waals surface area contributed by atoms with Gasteiger partial charge >= 0.3 is 5.97 Å². The van der Waals surface area contributed by atoms with E-state index < -0.39 is 89.8 Å². The molecule has 8 atom stereocenters. The number of nitrogens with zero attached hydrogens (tertiary/aromatic N) is 1. The van der Waals surface area contributed by atoms with E-state index in [-0.39, 0.29) is 30.4 Å². The van der Waals surface area contributed by atoms with Gasteiger partial charge in [0.05, 0.1) is 18.5 Å². The number of carbonyl (C=O) groups is 7. The standard InChI is InChI=1S/C30H51N9O9S/c1-13(2)8-19(37-28(45)22(31)14(3)4)27(44)39-23(17(7)40)29(46)35-15(5)24(41)34-16(6)25(42)36-20(9-18-10-32-12-33-18)26(43)38-21(11-49)30(47)48/h10,12-17,19-23,40,49H,8-9,11,31H2,1-7H3,(H,32,33)(H,34,41)(H,35,46)(H,36,42)(H,37,45)(H,38,43)(H,39,44)(H,47,48). The van der Waals surface area contributed by atoms with E-state index >= 15 is 0 Å². The van der Waals surface area contributed by atoms with Gasteiger partial charge in [-0.2, -0.15) is 12.6 Å². The molecule has 1 aromatic heterocycles. The fourth-order valence-electron chi connectivity index (χ4n) is 4.29. The van der Waals surface area contributed by atoms with Gasteiger partial charge < -0.3 is 52.8 Å². The molecule has 0 aromatic carbocycles. The normalized spacial score (nSPS) is 16.2. The Hall–Kier alpha value is -4.23. The molecule has 0 spiro atoms. The summed E-state index contributed by atoms with van der Waals surface area (Å²) in [4.78, 5) is 95.7. The van der Waals surface area contributed by atoms with Crippen molar-refractivity contribution in [3.63, 3.8) is 0 Å². The highest BCUT2D eigenvalue weighted by molar-refractivity contribution is 7.80. The van der Waals surface area contributed by atoms with E-state index in [2.05, 4.69) is 54.5 Å². The lowest BCUT2D eigenvalue weighted by Gasteiger charge is -2.27. The number of nitrogens with two attached hydrogens (primary N) is 1. The predicted octanol–water partition coefficient (Wildman–Crippen LogP) is -2.67. The third-order valence-electron chi connectivity index (χ3n) is 7.34. The number of thiol groups is 1. The molecule has 1 aromatic rings. The van der Waals surface area contributed by atoms with E-state index in [4.69, 9.17) is 5.73 Å². The smallest absolute Gasteiger partial charge is 0.327 e. The Kier molecular flexibility index (Phi) is 17.7. The lowest BCUT2D eigenvalue weighted by atomic mass is 10.00. The summed E-state index contributed by atoms with van der Waals surface area (Å²) in [7, 11) is 0. The van der Waals surface area contributed by atoms with Gasteiger partial charge in [-0.3, -0.25) is 28.8 Å². The van der Waals surface area contributed by atoms with Crippen molar-refractivity contribution in [2.45, 2.75) is 110 Å². The van der Waals surface area contributed by atoms with Crippen molar-refractivity contribution >= 4 is 54.0 Å². The SMILES string of the molecule is CC(C)CC(NC(=O)C(N)C(C)C)C(=O)NC(C(=O)NC(C)C(=O)NC(C)C(=O)NC(Cc1cnc[nH]1)C(=O)NC(CS)C(=O)O)C(C)O. The average molecular weight is 714 g/mol. The van der Waals surface area contributed by atoms with Crippen molar-refractivity contribution in [1.29, 1.82) is 0 Å². The monoisotopic (exact) mass is 713 g/mol. The Bertz CT molecular complexity index is 1290. The Morgan fingerprint density at radius 3 is 1.73 bits per heavy atom. The number of aliphatic hydroxyl groups is 1. The number of hydrogen-bond acceptors (Lipinski definition) is 11. The number of H-pyrrole nitrogens is 1. The molecule has 0 saturated heterocycles. The summed E-state index contributed by atoms with van der Waals surface area (Å²) >= 11 is 3.92. The molecule has 1 heterocycles. The van der Waals surface area contributed by atoms with Crippen LogP contribution in [0, 0.1) is 11.8 Å². The second-order valence-corrected chi connectivity index (χ2v) is 12.9. The largest absolute Gasteiger partial charge is 0.480 e. The van der Waals surface area contributed by atoms with Crippen LogP contribution >= 0.6 is 12.6 Å². The van der Waals surface area contributed by atoms with Crippen molar-refractivity contribution in [3.8, 4) is 0 Å².